The topological polar surface area (TPSA) is 63.6 Å². The summed E-state index contributed by atoms with van der Waals surface area (Å²) in [5.74, 6) is -3.55. The zero-order chi connectivity index (χ0) is 12.5. The maximum absolute atomic E-state index is 13.4. The van der Waals surface area contributed by atoms with Gasteiger partial charge in [0.25, 0.3) is 0 Å². The first kappa shape index (κ1) is 11.6. The smallest absolute Gasteiger partial charge is 0.342 e. The molecule has 1 aromatic rings. The molecule has 0 unspecified atom stereocenters. The minimum absolute atomic E-state index is 0.0336. The van der Waals surface area contributed by atoms with Gasteiger partial charge in [-0.2, -0.15) is 0 Å². The Kier molecular flexibility index (Phi) is 2.83. The van der Waals surface area contributed by atoms with Crippen LogP contribution in [0.25, 0.3) is 0 Å². The van der Waals surface area contributed by atoms with E-state index in [2.05, 4.69) is 0 Å². The van der Waals surface area contributed by atoms with Crippen LogP contribution in [-0.4, -0.2) is 22.7 Å². The number of carbonyl (C=O) groups is 2. The summed E-state index contributed by atoms with van der Waals surface area (Å²) < 4.78 is 18.2. The molecule has 4 nitrogen and oxygen atoms in total. The van der Waals surface area contributed by atoms with Crippen molar-refractivity contribution in [2.45, 2.75) is 18.7 Å². The molecule has 1 aromatic carbocycles. The second kappa shape index (κ2) is 4.16. The van der Waals surface area contributed by atoms with Gasteiger partial charge in [-0.05, 0) is 5.56 Å². The molecular weight excluding hydrogens is 227 g/mol. The van der Waals surface area contributed by atoms with Gasteiger partial charge < -0.3 is 9.84 Å². The highest BCUT2D eigenvalue weighted by atomic mass is 19.1. The molecule has 0 aromatic heterocycles. The van der Waals surface area contributed by atoms with Crippen LogP contribution >= 0.6 is 0 Å². The fourth-order valence-corrected chi connectivity index (χ4v) is 1.57. The number of rotatable bonds is 4. The van der Waals surface area contributed by atoms with E-state index in [4.69, 9.17) is 9.84 Å². The van der Waals surface area contributed by atoms with E-state index >= 15 is 0 Å². The molecule has 2 atom stereocenters. The summed E-state index contributed by atoms with van der Waals surface area (Å²) in [6.45, 7) is 0.0336. The number of halogens is 1. The van der Waals surface area contributed by atoms with Crippen molar-refractivity contribution in [2.75, 3.05) is 0 Å². The molecule has 0 bridgehead atoms. The summed E-state index contributed by atoms with van der Waals surface area (Å²) in [4.78, 5) is 21.9. The average Bonchev–Trinajstić information content (AvgIpc) is 3.02. The van der Waals surface area contributed by atoms with E-state index < -0.39 is 23.5 Å². The van der Waals surface area contributed by atoms with Gasteiger partial charge in [0.15, 0.2) is 0 Å². The normalized spacial score (nSPS) is 26.3. The number of ether oxygens (including phenoxy) is 1. The van der Waals surface area contributed by atoms with Gasteiger partial charge in [-0.25, -0.2) is 9.18 Å². The molecule has 5 heteroatoms. The van der Waals surface area contributed by atoms with Crippen molar-refractivity contribution in [1.82, 2.24) is 0 Å². The Bertz CT molecular complexity index is 445. The number of carboxylic acids is 1. The highest BCUT2D eigenvalue weighted by molar-refractivity contribution is 5.92. The highest BCUT2D eigenvalue weighted by Gasteiger charge is 2.66. The van der Waals surface area contributed by atoms with Gasteiger partial charge in [0.1, 0.15) is 12.5 Å². The van der Waals surface area contributed by atoms with E-state index in [-0.39, 0.29) is 13.0 Å². The van der Waals surface area contributed by atoms with Crippen molar-refractivity contribution in [3.63, 3.8) is 0 Å². The predicted octanol–water partition coefficient (Wildman–Crippen LogP) is 1.54. The number of alkyl halides is 1. The first-order valence-corrected chi connectivity index (χ1v) is 5.17. The molecule has 1 aliphatic rings. The van der Waals surface area contributed by atoms with E-state index in [1.807, 2.05) is 6.07 Å². The first-order chi connectivity index (χ1) is 8.04. The quantitative estimate of drug-likeness (QED) is 0.808. The van der Waals surface area contributed by atoms with Crippen LogP contribution in [0.3, 0.4) is 0 Å². The highest BCUT2D eigenvalue weighted by Crippen LogP contribution is 2.48. The number of hydrogen-bond acceptors (Lipinski definition) is 3. The lowest BCUT2D eigenvalue weighted by molar-refractivity contribution is -0.153. The summed E-state index contributed by atoms with van der Waals surface area (Å²) in [6.07, 6.45) is -0.296. The molecule has 0 heterocycles. The molecule has 0 radical (unpaired) electrons. The Morgan fingerprint density at radius 2 is 2.06 bits per heavy atom. The summed E-state index contributed by atoms with van der Waals surface area (Å²) in [6, 6.07) is 8.93. The largest absolute Gasteiger partial charge is 0.479 e. The SMILES string of the molecule is O=C(OCc1ccccc1)[C@H]1C[C@@]1(F)C(=O)O. The third-order valence-corrected chi connectivity index (χ3v) is 2.76. The van der Waals surface area contributed by atoms with Gasteiger partial charge in [-0.1, -0.05) is 30.3 Å². The Balaban J connectivity index is 1.86. The van der Waals surface area contributed by atoms with Gasteiger partial charge in [0.05, 0.1) is 0 Å². The monoisotopic (exact) mass is 238 g/mol. The summed E-state index contributed by atoms with van der Waals surface area (Å²) in [7, 11) is 0. The van der Waals surface area contributed by atoms with Gasteiger partial charge in [0, 0.05) is 6.42 Å². The molecule has 1 fully saturated rings. The van der Waals surface area contributed by atoms with Crippen LogP contribution in [-0.2, 0) is 20.9 Å². The van der Waals surface area contributed by atoms with E-state index in [0.717, 1.165) is 5.56 Å². The van der Waals surface area contributed by atoms with Crippen LogP contribution in [0.4, 0.5) is 4.39 Å². The lowest BCUT2D eigenvalue weighted by Gasteiger charge is -2.05. The molecule has 0 spiro atoms. The van der Waals surface area contributed by atoms with Crippen LogP contribution in [0.1, 0.15) is 12.0 Å². The predicted molar refractivity (Wildman–Crippen MR) is 55.8 cm³/mol. The fraction of sp³-hybridized carbons (Fsp3) is 0.333. The lowest BCUT2D eigenvalue weighted by Crippen LogP contribution is -2.23. The standard InChI is InChI=1S/C12H11FO4/c13-12(11(15)16)6-9(12)10(14)17-7-8-4-2-1-3-5-8/h1-5,9H,6-7H2,(H,15,16)/t9-,12+/m1/s1. The lowest BCUT2D eigenvalue weighted by atomic mass is 10.2. The Labute approximate surface area is 97.0 Å². The number of esters is 1. The van der Waals surface area contributed by atoms with E-state index in [0.29, 0.717) is 0 Å². The number of hydrogen-bond donors (Lipinski definition) is 1. The van der Waals surface area contributed by atoms with Gasteiger partial charge in [0.2, 0.25) is 5.67 Å². The molecule has 1 N–H and O–H groups in total. The van der Waals surface area contributed by atoms with E-state index in [1.165, 1.54) is 0 Å². The molecule has 2 rings (SSSR count). The molecule has 0 amide bonds. The van der Waals surface area contributed by atoms with Crippen molar-refractivity contribution in [3.05, 3.63) is 35.9 Å². The summed E-state index contributed by atoms with van der Waals surface area (Å²) in [5.41, 5.74) is -1.64. The van der Waals surface area contributed by atoms with Crippen molar-refractivity contribution >= 4 is 11.9 Å². The van der Waals surface area contributed by atoms with Crippen LogP contribution in [0.2, 0.25) is 0 Å². The zero-order valence-corrected chi connectivity index (χ0v) is 8.93. The maximum Gasteiger partial charge on any atom is 0.342 e. The molecule has 0 saturated heterocycles. The zero-order valence-electron chi connectivity index (χ0n) is 8.93. The van der Waals surface area contributed by atoms with Crippen LogP contribution < -0.4 is 0 Å². The molecule has 1 saturated carbocycles. The number of carbonyl (C=O) groups excluding carboxylic acids is 1. The number of benzene rings is 1. The Morgan fingerprint density at radius 3 is 2.59 bits per heavy atom. The van der Waals surface area contributed by atoms with E-state index in [9.17, 15) is 14.0 Å². The van der Waals surface area contributed by atoms with Crippen LogP contribution in [0.15, 0.2) is 30.3 Å². The summed E-state index contributed by atoms with van der Waals surface area (Å²) in [5, 5.41) is 8.53. The maximum atomic E-state index is 13.4. The molecule has 90 valence electrons. The van der Waals surface area contributed by atoms with Crippen molar-refractivity contribution in [1.29, 1.82) is 0 Å². The van der Waals surface area contributed by atoms with Gasteiger partial charge in [-0.15, -0.1) is 0 Å². The average molecular weight is 238 g/mol. The van der Waals surface area contributed by atoms with Crippen molar-refractivity contribution in [2.24, 2.45) is 5.92 Å². The van der Waals surface area contributed by atoms with Crippen LogP contribution in [0, 0.1) is 5.92 Å². The van der Waals surface area contributed by atoms with Crippen molar-refractivity contribution < 1.29 is 23.8 Å². The second-order valence-corrected chi connectivity index (χ2v) is 4.02. The molecular formula is C12H11FO4. The first-order valence-electron chi connectivity index (χ1n) is 5.17. The third-order valence-electron chi connectivity index (χ3n) is 2.76. The van der Waals surface area contributed by atoms with E-state index in [1.54, 1.807) is 24.3 Å². The molecule has 17 heavy (non-hydrogen) atoms. The minimum Gasteiger partial charge on any atom is -0.479 e. The van der Waals surface area contributed by atoms with Crippen molar-refractivity contribution in [3.8, 4) is 0 Å². The molecule has 1 aliphatic carbocycles. The van der Waals surface area contributed by atoms with Gasteiger partial charge in [-0.3, -0.25) is 4.79 Å². The number of aliphatic carboxylic acids is 1. The third kappa shape index (κ3) is 2.27. The second-order valence-electron chi connectivity index (χ2n) is 4.02. The minimum atomic E-state index is -2.42. The Hall–Kier alpha value is -1.91. The molecule has 0 aliphatic heterocycles. The van der Waals surface area contributed by atoms with Crippen LogP contribution in [0.5, 0.6) is 0 Å². The number of carboxylic acid groups (broad SMARTS) is 1. The fourth-order valence-electron chi connectivity index (χ4n) is 1.57. The Morgan fingerprint density at radius 1 is 1.41 bits per heavy atom. The summed E-state index contributed by atoms with van der Waals surface area (Å²) >= 11 is 0. The van der Waals surface area contributed by atoms with Gasteiger partial charge >= 0.3 is 11.9 Å².